The summed E-state index contributed by atoms with van der Waals surface area (Å²) in [7, 11) is 0. The summed E-state index contributed by atoms with van der Waals surface area (Å²) in [6, 6.07) is 9.97. The minimum absolute atomic E-state index is 0.715. The summed E-state index contributed by atoms with van der Waals surface area (Å²) in [5.74, 6) is 0. The number of imidazole rings is 1. The van der Waals surface area contributed by atoms with Crippen molar-refractivity contribution in [1.82, 2.24) is 14.5 Å². The van der Waals surface area contributed by atoms with E-state index < -0.39 is 0 Å². The summed E-state index contributed by atoms with van der Waals surface area (Å²) in [5.41, 5.74) is 4.26. The lowest BCUT2D eigenvalue weighted by molar-refractivity contribution is 0.700. The normalized spacial score (nSPS) is 11.1. The molecule has 2 heterocycles. The van der Waals surface area contributed by atoms with Gasteiger partial charge in [0.15, 0.2) is 10.4 Å². The summed E-state index contributed by atoms with van der Waals surface area (Å²) in [4.78, 5) is 7.68. The number of hydrogen-bond donors (Lipinski definition) is 1. The van der Waals surface area contributed by atoms with Gasteiger partial charge in [0.2, 0.25) is 0 Å². The van der Waals surface area contributed by atoms with E-state index in [1.165, 1.54) is 5.56 Å². The molecule has 1 N–H and O–H groups in total. The molecule has 3 aromatic rings. The fraction of sp³-hybridized carbons (Fsp3) is 0.200. The average molecular weight is 304 g/mol. The highest BCUT2D eigenvalue weighted by atomic mass is 35.5. The van der Waals surface area contributed by atoms with E-state index in [1.54, 1.807) is 0 Å². The topological polar surface area (TPSA) is 33.6 Å². The Balaban J connectivity index is 1.89. The number of fused-ring (bicyclic) bond motifs is 1. The van der Waals surface area contributed by atoms with Crippen molar-refractivity contribution in [3.05, 3.63) is 57.4 Å². The van der Waals surface area contributed by atoms with Crippen molar-refractivity contribution in [3.63, 3.8) is 0 Å². The summed E-state index contributed by atoms with van der Waals surface area (Å²) >= 11 is 11.3. The van der Waals surface area contributed by atoms with Crippen LogP contribution in [0.1, 0.15) is 11.1 Å². The van der Waals surface area contributed by atoms with E-state index in [2.05, 4.69) is 16.0 Å². The van der Waals surface area contributed by atoms with Gasteiger partial charge in [-0.1, -0.05) is 23.7 Å². The molecule has 102 valence electrons. The Morgan fingerprint density at radius 2 is 2.05 bits per heavy atom. The predicted octanol–water partition coefficient (Wildman–Crippen LogP) is 4.30. The Bertz CT molecular complexity index is 802. The molecule has 5 heteroatoms. The van der Waals surface area contributed by atoms with Crippen LogP contribution < -0.4 is 0 Å². The number of H-pyrrole nitrogens is 1. The maximum absolute atomic E-state index is 5.89. The standard InChI is InChI=1S/C15H14ClN3S/c1-10-8-13-14(17-9-10)19(15(20)18-13)7-6-11-2-4-12(16)5-3-11/h2-5,8-9H,6-7H2,1H3,(H,18,20). The molecule has 3 rings (SSSR count). The third-order valence-electron chi connectivity index (χ3n) is 3.28. The number of aromatic amines is 1. The smallest absolute Gasteiger partial charge is 0.179 e. The lowest BCUT2D eigenvalue weighted by atomic mass is 10.1. The van der Waals surface area contributed by atoms with Crippen molar-refractivity contribution in [2.24, 2.45) is 0 Å². The summed E-state index contributed by atoms with van der Waals surface area (Å²) in [5, 5.41) is 0.759. The molecule has 0 radical (unpaired) electrons. The van der Waals surface area contributed by atoms with Crippen molar-refractivity contribution >= 4 is 35.0 Å². The van der Waals surface area contributed by atoms with Gasteiger partial charge in [-0.05, 0) is 54.9 Å². The molecule has 3 nitrogen and oxygen atoms in total. The number of halogens is 1. The van der Waals surface area contributed by atoms with Gasteiger partial charge in [-0.3, -0.25) is 0 Å². The van der Waals surface area contributed by atoms with E-state index in [1.807, 2.05) is 42.0 Å². The molecule has 0 saturated carbocycles. The molecule has 0 amide bonds. The Kier molecular flexibility index (Phi) is 3.59. The van der Waals surface area contributed by atoms with Crippen LogP contribution in [0, 0.1) is 11.7 Å². The van der Waals surface area contributed by atoms with Crippen LogP contribution in [0.3, 0.4) is 0 Å². The quantitative estimate of drug-likeness (QED) is 0.732. The molecule has 0 spiro atoms. The third kappa shape index (κ3) is 2.62. The van der Waals surface area contributed by atoms with E-state index in [4.69, 9.17) is 23.8 Å². The number of hydrogen-bond acceptors (Lipinski definition) is 2. The van der Waals surface area contributed by atoms with Crippen molar-refractivity contribution in [1.29, 1.82) is 0 Å². The van der Waals surface area contributed by atoms with Crippen LogP contribution in [0.5, 0.6) is 0 Å². The van der Waals surface area contributed by atoms with Crippen LogP contribution in [0.15, 0.2) is 36.5 Å². The van der Waals surface area contributed by atoms with Gasteiger partial charge in [-0.2, -0.15) is 0 Å². The van der Waals surface area contributed by atoms with Crippen LogP contribution in [0.2, 0.25) is 5.02 Å². The summed E-state index contributed by atoms with van der Waals surface area (Å²) < 4.78 is 2.76. The van der Waals surface area contributed by atoms with E-state index in [0.29, 0.717) is 4.77 Å². The number of aryl methyl sites for hydroxylation is 3. The Morgan fingerprint density at radius 3 is 2.80 bits per heavy atom. The first-order valence-corrected chi connectivity index (χ1v) is 7.22. The van der Waals surface area contributed by atoms with Crippen molar-refractivity contribution < 1.29 is 0 Å². The van der Waals surface area contributed by atoms with E-state index in [9.17, 15) is 0 Å². The zero-order valence-electron chi connectivity index (χ0n) is 11.1. The van der Waals surface area contributed by atoms with Gasteiger partial charge in [0.25, 0.3) is 0 Å². The molecule has 0 aliphatic carbocycles. The number of benzene rings is 1. The first-order chi connectivity index (χ1) is 9.63. The monoisotopic (exact) mass is 303 g/mol. The number of nitrogens with one attached hydrogen (secondary N) is 1. The molecular formula is C15H14ClN3S. The average Bonchev–Trinajstić information content (AvgIpc) is 2.73. The third-order valence-corrected chi connectivity index (χ3v) is 3.86. The van der Waals surface area contributed by atoms with Crippen LogP contribution >= 0.6 is 23.8 Å². The first-order valence-electron chi connectivity index (χ1n) is 6.43. The van der Waals surface area contributed by atoms with E-state index in [0.717, 1.165) is 34.7 Å². The SMILES string of the molecule is Cc1cnc2c(c1)[nH]c(=S)n2CCc1ccc(Cl)cc1. The van der Waals surface area contributed by atoms with Crippen LogP contribution in [-0.4, -0.2) is 14.5 Å². The number of rotatable bonds is 3. The van der Waals surface area contributed by atoms with Crippen molar-refractivity contribution in [2.75, 3.05) is 0 Å². The van der Waals surface area contributed by atoms with E-state index in [-0.39, 0.29) is 0 Å². The molecule has 0 bridgehead atoms. The molecule has 0 fully saturated rings. The molecule has 0 unspecified atom stereocenters. The molecule has 20 heavy (non-hydrogen) atoms. The molecular weight excluding hydrogens is 290 g/mol. The van der Waals surface area contributed by atoms with Gasteiger partial charge in [-0.25, -0.2) is 4.98 Å². The lowest BCUT2D eigenvalue weighted by Crippen LogP contribution is -2.02. The summed E-state index contributed by atoms with van der Waals surface area (Å²) in [6.07, 6.45) is 2.76. The Hall–Kier alpha value is -1.65. The highest BCUT2D eigenvalue weighted by molar-refractivity contribution is 7.71. The maximum atomic E-state index is 5.89. The van der Waals surface area contributed by atoms with Gasteiger partial charge < -0.3 is 9.55 Å². The second-order valence-electron chi connectivity index (χ2n) is 4.84. The van der Waals surface area contributed by atoms with Gasteiger partial charge in [-0.15, -0.1) is 0 Å². The van der Waals surface area contributed by atoms with Gasteiger partial charge in [0, 0.05) is 17.8 Å². The van der Waals surface area contributed by atoms with Crippen LogP contribution in [-0.2, 0) is 13.0 Å². The number of nitrogens with zero attached hydrogens (tertiary/aromatic N) is 2. The highest BCUT2D eigenvalue weighted by Crippen LogP contribution is 2.15. The second-order valence-corrected chi connectivity index (χ2v) is 5.67. The molecule has 1 aromatic carbocycles. The predicted molar refractivity (Wildman–Crippen MR) is 84.8 cm³/mol. The number of aromatic nitrogens is 3. The molecule has 0 atom stereocenters. The minimum atomic E-state index is 0.715. The minimum Gasteiger partial charge on any atom is -0.329 e. The van der Waals surface area contributed by atoms with Crippen LogP contribution in [0.25, 0.3) is 11.2 Å². The Morgan fingerprint density at radius 1 is 1.30 bits per heavy atom. The number of pyridine rings is 1. The zero-order valence-corrected chi connectivity index (χ0v) is 12.6. The van der Waals surface area contributed by atoms with Crippen molar-refractivity contribution in [3.8, 4) is 0 Å². The van der Waals surface area contributed by atoms with Crippen molar-refractivity contribution in [2.45, 2.75) is 19.9 Å². The molecule has 2 aromatic heterocycles. The fourth-order valence-corrected chi connectivity index (χ4v) is 2.66. The highest BCUT2D eigenvalue weighted by Gasteiger charge is 2.06. The largest absolute Gasteiger partial charge is 0.329 e. The molecule has 0 aliphatic heterocycles. The van der Waals surface area contributed by atoms with Gasteiger partial charge in [0.05, 0.1) is 5.52 Å². The van der Waals surface area contributed by atoms with Gasteiger partial charge in [0.1, 0.15) is 0 Å². The summed E-state index contributed by atoms with van der Waals surface area (Å²) in [6.45, 7) is 2.82. The fourth-order valence-electron chi connectivity index (χ4n) is 2.25. The van der Waals surface area contributed by atoms with E-state index >= 15 is 0 Å². The molecule has 0 aliphatic rings. The lowest BCUT2D eigenvalue weighted by Gasteiger charge is -2.04. The molecule has 0 saturated heterocycles. The van der Waals surface area contributed by atoms with Gasteiger partial charge >= 0.3 is 0 Å². The second kappa shape index (κ2) is 5.38. The maximum Gasteiger partial charge on any atom is 0.179 e. The van der Waals surface area contributed by atoms with Crippen LogP contribution in [0.4, 0.5) is 0 Å². The Labute approximate surface area is 127 Å². The first kappa shape index (κ1) is 13.3. The zero-order chi connectivity index (χ0) is 14.1.